The lowest BCUT2D eigenvalue weighted by Crippen LogP contribution is -1.95. The van der Waals surface area contributed by atoms with Crippen LogP contribution in [0, 0.1) is 13.8 Å². The van der Waals surface area contributed by atoms with E-state index in [0.29, 0.717) is 11.0 Å². The first-order chi connectivity index (χ1) is 5.15. The molecule has 0 aliphatic rings. The molecule has 0 aromatic carbocycles. The molecule has 0 amide bonds. The number of hydrogen-bond donors (Lipinski definition) is 0. The molecule has 0 saturated carbocycles. The van der Waals surface area contributed by atoms with Crippen LogP contribution >= 0.6 is 11.6 Å². The van der Waals surface area contributed by atoms with Crippen molar-refractivity contribution >= 4 is 17.7 Å². The molecule has 0 saturated heterocycles. The van der Waals surface area contributed by atoms with Crippen molar-refractivity contribution in [1.82, 2.24) is 9.97 Å². The van der Waals surface area contributed by atoms with E-state index in [-0.39, 0.29) is 0 Å². The van der Waals surface area contributed by atoms with Crippen LogP contribution in [0.3, 0.4) is 0 Å². The third-order valence-electron chi connectivity index (χ3n) is 1.41. The van der Waals surface area contributed by atoms with Gasteiger partial charge in [0, 0.05) is 11.3 Å². The second kappa shape index (κ2) is 3.01. The van der Waals surface area contributed by atoms with Gasteiger partial charge in [-0.15, -0.1) is 0 Å². The van der Waals surface area contributed by atoms with Gasteiger partial charge in [0.15, 0.2) is 0 Å². The molecule has 3 heteroatoms. The van der Waals surface area contributed by atoms with Crippen molar-refractivity contribution < 1.29 is 0 Å². The third kappa shape index (κ3) is 1.57. The Bertz CT molecular complexity index is 271. The SMILES string of the molecule is C=Cc1c(C)nc(C)nc1Cl. The highest BCUT2D eigenvalue weighted by Gasteiger charge is 2.03. The van der Waals surface area contributed by atoms with Crippen molar-refractivity contribution in [3.05, 3.63) is 28.8 Å². The number of rotatable bonds is 1. The first-order valence-electron chi connectivity index (χ1n) is 3.28. The largest absolute Gasteiger partial charge is 0.238 e. The summed E-state index contributed by atoms with van der Waals surface area (Å²) in [5, 5.41) is 0.477. The Kier molecular flexibility index (Phi) is 2.25. The topological polar surface area (TPSA) is 25.8 Å². The van der Waals surface area contributed by atoms with Crippen LogP contribution in [0.5, 0.6) is 0 Å². The van der Waals surface area contributed by atoms with Gasteiger partial charge in [0.1, 0.15) is 11.0 Å². The Hall–Kier alpha value is -0.890. The molecule has 0 radical (unpaired) electrons. The fraction of sp³-hybridized carbons (Fsp3) is 0.250. The molecule has 0 aliphatic carbocycles. The maximum absolute atomic E-state index is 5.81. The Morgan fingerprint density at radius 3 is 2.45 bits per heavy atom. The van der Waals surface area contributed by atoms with Crippen LogP contribution in [0.15, 0.2) is 6.58 Å². The zero-order valence-electron chi connectivity index (χ0n) is 6.56. The number of aromatic nitrogens is 2. The van der Waals surface area contributed by atoms with E-state index in [1.165, 1.54) is 0 Å². The molecular weight excluding hydrogens is 160 g/mol. The zero-order valence-corrected chi connectivity index (χ0v) is 7.31. The predicted molar refractivity (Wildman–Crippen MR) is 46.6 cm³/mol. The smallest absolute Gasteiger partial charge is 0.140 e. The van der Waals surface area contributed by atoms with Crippen LogP contribution in [-0.4, -0.2) is 9.97 Å². The summed E-state index contributed by atoms with van der Waals surface area (Å²) in [6.07, 6.45) is 1.66. The minimum atomic E-state index is 0.477. The fourth-order valence-electron chi connectivity index (χ4n) is 0.911. The Balaban J connectivity index is 3.36. The van der Waals surface area contributed by atoms with Crippen molar-refractivity contribution in [3.63, 3.8) is 0 Å². The average molecular weight is 169 g/mol. The molecule has 0 bridgehead atoms. The van der Waals surface area contributed by atoms with E-state index < -0.39 is 0 Å². The van der Waals surface area contributed by atoms with E-state index in [4.69, 9.17) is 11.6 Å². The molecule has 1 heterocycles. The quantitative estimate of drug-likeness (QED) is 0.602. The van der Waals surface area contributed by atoms with Crippen LogP contribution in [0.1, 0.15) is 17.1 Å². The van der Waals surface area contributed by atoms with Crippen molar-refractivity contribution in [2.45, 2.75) is 13.8 Å². The van der Waals surface area contributed by atoms with Gasteiger partial charge < -0.3 is 0 Å². The van der Waals surface area contributed by atoms with Crippen molar-refractivity contribution in [2.24, 2.45) is 0 Å². The minimum Gasteiger partial charge on any atom is -0.238 e. The van der Waals surface area contributed by atoms with Gasteiger partial charge in [-0.05, 0) is 13.8 Å². The number of aryl methyl sites for hydroxylation is 2. The second-order valence-electron chi connectivity index (χ2n) is 2.26. The van der Waals surface area contributed by atoms with E-state index >= 15 is 0 Å². The zero-order chi connectivity index (χ0) is 8.43. The predicted octanol–water partition coefficient (Wildman–Crippen LogP) is 2.39. The van der Waals surface area contributed by atoms with Crippen molar-refractivity contribution in [2.75, 3.05) is 0 Å². The summed E-state index contributed by atoms with van der Waals surface area (Å²) >= 11 is 5.81. The van der Waals surface area contributed by atoms with Gasteiger partial charge in [0.2, 0.25) is 0 Å². The van der Waals surface area contributed by atoms with Gasteiger partial charge >= 0.3 is 0 Å². The molecule has 0 N–H and O–H groups in total. The normalized spacial score (nSPS) is 9.73. The van der Waals surface area contributed by atoms with Crippen molar-refractivity contribution in [3.8, 4) is 0 Å². The van der Waals surface area contributed by atoms with E-state index in [0.717, 1.165) is 11.3 Å². The molecule has 1 aromatic heterocycles. The molecule has 11 heavy (non-hydrogen) atoms. The van der Waals surface area contributed by atoms with E-state index in [1.807, 2.05) is 13.8 Å². The fourth-order valence-corrected chi connectivity index (χ4v) is 1.25. The molecule has 0 atom stereocenters. The highest BCUT2D eigenvalue weighted by molar-refractivity contribution is 6.30. The summed E-state index contributed by atoms with van der Waals surface area (Å²) < 4.78 is 0. The van der Waals surface area contributed by atoms with Crippen LogP contribution in [0.4, 0.5) is 0 Å². The molecule has 0 fully saturated rings. The van der Waals surface area contributed by atoms with Crippen LogP contribution in [0.2, 0.25) is 5.15 Å². The van der Waals surface area contributed by atoms with Crippen molar-refractivity contribution in [1.29, 1.82) is 0 Å². The first-order valence-corrected chi connectivity index (χ1v) is 3.66. The van der Waals surface area contributed by atoms with E-state index in [2.05, 4.69) is 16.5 Å². The van der Waals surface area contributed by atoms with Crippen LogP contribution < -0.4 is 0 Å². The van der Waals surface area contributed by atoms with Gasteiger partial charge in [0.05, 0.1) is 0 Å². The monoisotopic (exact) mass is 168 g/mol. The van der Waals surface area contributed by atoms with Crippen LogP contribution in [0.25, 0.3) is 6.08 Å². The van der Waals surface area contributed by atoms with Gasteiger partial charge in [-0.25, -0.2) is 9.97 Å². The Morgan fingerprint density at radius 1 is 1.36 bits per heavy atom. The van der Waals surface area contributed by atoms with Crippen LogP contribution in [-0.2, 0) is 0 Å². The molecule has 0 aliphatic heterocycles. The number of halogens is 1. The molecule has 0 spiro atoms. The van der Waals surface area contributed by atoms with Gasteiger partial charge in [-0.2, -0.15) is 0 Å². The third-order valence-corrected chi connectivity index (χ3v) is 1.69. The molecule has 1 rings (SSSR count). The lowest BCUT2D eigenvalue weighted by molar-refractivity contribution is 1.01. The second-order valence-corrected chi connectivity index (χ2v) is 2.62. The first kappa shape index (κ1) is 8.21. The minimum absolute atomic E-state index is 0.477. The number of hydrogen-bond acceptors (Lipinski definition) is 2. The Morgan fingerprint density at radius 2 is 2.00 bits per heavy atom. The molecule has 1 aromatic rings. The summed E-state index contributed by atoms with van der Waals surface area (Å²) in [6, 6.07) is 0. The maximum atomic E-state index is 5.81. The average Bonchev–Trinajstić information content (AvgIpc) is 1.85. The molecular formula is C8H9ClN2. The van der Waals surface area contributed by atoms with Gasteiger partial charge in [-0.1, -0.05) is 24.3 Å². The van der Waals surface area contributed by atoms with E-state index in [9.17, 15) is 0 Å². The highest BCUT2D eigenvalue weighted by Crippen LogP contribution is 2.16. The molecule has 2 nitrogen and oxygen atoms in total. The Labute approximate surface area is 70.9 Å². The summed E-state index contributed by atoms with van der Waals surface area (Å²) in [5.41, 5.74) is 1.69. The summed E-state index contributed by atoms with van der Waals surface area (Å²) in [6.45, 7) is 7.32. The standard InChI is InChI=1S/C8H9ClN2/c1-4-7-5(2)10-6(3)11-8(7)9/h4H,1H2,2-3H3. The highest BCUT2D eigenvalue weighted by atomic mass is 35.5. The molecule has 0 unspecified atom stereocenters. The summed E-state index contributed by atoms with van der Waals surface area (Å²) in [7, 11) is 0. The molecule has 58 valence electrons. The van der Waals surface area contributed by atoms with Gasteiger partial charge in [0.25, 0.3) is 0 Å². The van der Waals surface area contributed by atoms with E-state index in [1.54, 1.807) is 6.08 Å². The maximum Gasteiger partial charge on any atom is 0.140 e. The lowest BCUT2D eigenvalue weighted by Gasteiger charge is -2.01. The number of nitrogens with zero attached hydrogens (tertiary/aromatic N) is 2. The summed E-state index contributed by atoms with van der Waals surface area (Å²) in [4.78, 5) is 8.13. The lowest BCUT2D eigenvalue weighted by atomic mass is 10.2. The van der Waals surface area contributed by atoms with Gasteiger partial charge in [-0.3, -0.25) is 0 Å². The summed E-state index contributed by atoms with van der Waals surface area (Å²) in [5.74, 6) is 0.693.